The van der Waals surface area contributed by atoms with Crippen molar-refractivity contribution < 1.29 is 4.74 Å². The lowest BCUT2D eigenvalue weighted by Gasteiger charge is -2.11. The second-order valence-corrected chi connectivity index (χ2v) is 5.59. The van der Waals surface area contributed by atoms with Crippen LogP contribution in [0, 0.1) is 5.41 Å². The Labute approximate surface area is 150 Å². The second-order valence-electron chi connectivity index (χ2n) is 5.21. The highest BCUT2D eigenvalue weighted by Gasteiger charge is 2.13. The van der Waals surface area contributed by atoms with E-state index in [4.69, 9.17) is 21.7 Å². The minimum Gasteiger partial charge on any atom is -0.481 e. The normalized spacial score (nSPS) is 11.4. The first-order valence-corrected chi connectivity index (χ1v) is 7.89. The molecular weight excluding hydrogens is 338 g/mol. The van der Waals surface area contributed by atoms with Gasteiger partial charge in [-0.05, 0) is 24.3 Å². The number of fused-ring (bicyclic) bond motifs is 1. The molecule has 0 amide bonds. The van der Waals surface area contributed by atoms with Crippen LogP contribution in [0.4, 0.5) is 0 Å². The lowest BCUT2D eigenvalue weighted by Crippen LogP contribution is -2.08. The summed E-state index contributed by atoms with van der Waals surface area (Å²) in [5.41, 5.74) is 3.83. The molecule has 7 heteroatoms. The van der Waals surface area contributed by atoms with E-state index >= 15 is 0 Å². The van der Waals surface area contributed by atoms with Gasteiger partial charge in [0.2, 0.25) is 5.88 Å². The number of pyridine rings is 3. The van der Waals surface area contributed by atoms with Crippen LogP contribution in [0.25, 0.3) is 16.6 Å². The molecule has 0 atom stereocenters. The third-order valence-electron chi connectivity index (χ3n) is 3.61. The molecule has 0 fully saturated rings. The van der Waals surface area contributed by atoms with E-state index in [1.54, 1.807) is 51.0 Å². The predicted octanol–water partition coefficient (Wildman–Crippen LogP) is 3.32. The summed E-state index contributed by atoms with van der Waals surface area (Å²) >= 11 is 5.97. The number of nitrogens with one attached hydrogen (secondary N) is 2. The standard InChI is InChI=1S/C18H16ClN5O/c1-21-10-13(18(20)11-3-6-17(25-2)23-8-11)12-7-15-14(22-9-12)4-5-16(19)24-15/h3-10,20-21H,1-2H3/b13-10-,20-18?. The zero-order chi connectivity index (χ0) is 17.8. The predicted molar refractivity (Wildman–Crippen MR) is 99.2 cm³/mol. The molecular formula is C18H16ClN5O. The smallest absolute Gasteiger partial charge is 0.212 e. The lowest BCUT2D eigenvalue weighted by molar-refractivity contribution is 0.398. The molecule has 0 aliphatic carbocycles. The van der Waals surface area contributed by atoms with Crippen molar-refractivity contribution in [2.75, 3.05) is 14.2 Å². The molecule has 0 unspecified atom stereocenters. The van der Waals surface area contributed by atoms with Gasteiger partial charge in [0.1, 0.15) is 5.15 Å². The molecule has 0 aliphatic rings. The number of allylic oxidation sites excluding steroid dienone is 1. The van der Waals surface area contributed by atoms with Crippen molar-refractivity contribution in [2.24, 2.45) is 0 Å². The van der Waals surface area contributed by atoms with Crippen LogP contribution in [-0.4, -0.2) is 34.8 Å². The van der Waals surface area contributed by atoms with E-state index in [0.29, 0.717) is 33.4 Å². The van der Waals surface area contributed by atoms with Crippen LogP contribution >= 0.6 is 11.6 Å². The number of hydrogen-bond donors (Lipinski definition) is 2. The van der Waals surface area contributed by atoms with Crippen molar-refractivity contribution in [1.29, 1.82) is 5.41 Å². The second kappa shape index (κ2) is 7.27. The number of aromatic nitrogens is 3. The number of nitrogens with zero attached hydrogens (tertiary/aromatic N) is 3. The van der Waals surface area contributed by atoms with E-state index < -0.39 is 0 Å². The first kappa shape index (κ1) is 16.9. The molecule has 3 aromatic rings. The molecule has 2 N–H and O–H groups in total. The number of ether oxygens (including phenoxy) is 1. The summed E-state index contributed by atoms with van der Waals surface area (Å²) in [6.07, 6.45) is 5.07. The highest BCUT2D eigenvalue weighted by molar-refractivity contribution is 6.30. The van der Waals surface area contributed by atoms with Gasteiger partial charge in [-0.25, -0.2) is 9.97 Å². The Morgan fingerprint density at radius 2 is 1.92 bits per heavy atom. The SMILES string of the molecule is CN/C=C(\C(=N)c1ccc(OC)nc1)c1cnc2ccc(Cl)nc2c1. The third-order valence-corrected chi connectivity index (χ3v) is 3.82. The monoisotopic (exact) mass is 353 g/mol. The van der Waals surface area contributed by atoms with Crippen LogP contribution in [-0.2, 0) is 0 Å². The summed E-state index contributed by atoms with van der Waals surface area (Å²) in [5.74, 6) is 0.502. The van der Waals surface area contributed by atoms with Gasteiger partial charge in [-0.3, -0.25) is 10.4 Å². The summed E-state index contributed by atoms with van der Waals surface area (Å²) in [4.78, 5) is 12.9. The molecule has 25 heavy (non-hydrogen) atoms. The van der Waals surface area contributed by atoms with E-state index in [2.05, 4.69) is 20.3 Å². The summed E-state index contributed by atoms with van der Waals surface area (Å²) < 4.78 is 5.06. The van der Waals surface area contributed by atoms with Crippen molar-refractivity contribution in [3.8, 4) is 5.88 Å². The Balaban J connectivity index is 2.03. The van der Waals surface area contributed by atoms with Gasteiger partial charge < -0.3 is 10.1 Å². The van der Waals surface area contributed by atoms with E-state index in [9.17, 15) is 0 Å². The zero-order valence-electron chi connectivity index (χ0n) is 13.7. The first-order chi connectivity index (χ1) is 12.1. The van der Waals surface area contributed by atoms with Gasteiger partial charge in [-0.1, -0.05) is 11.6 Å². The molecule has 126 valence electrons. The fraction of sp³-hybridized carbons (Fsp3) is 0.111. The highest BCUT2D eigenvalue weighted by atomic mass is 35.5. The summed E-state index contributed by atoms with van der Waals surface area (Å²) in [5, 5.41) is 11.9. The Hall–Kier alpha value is -2.99. The molecule has 0 saturated carbocycles. The zero-order valence-corrected chi connectivity index (χ0v) is 14.5. The topological polar surface area (TPSA) is 83.8 Å². The van der Waals surface area contributed by atoms with E-state index in [0.717, 1.165) is 11.1 Å². The molecule has 3 heterocycles. The summed E-state index contributed by atoms with van der Waals surface area (Å²) in [7, 11) is 3.34. The van der Waals surface area contributed by atoms with Gasteiger partial charge in [-0.15, -0.1) is 0 Å². The maximum absolute atomic E-state index is 8.54. The van der Waals surface area contributed by atoms with Crippen molar-refractivity contribution in [3.05, 3.63) is 65.2 Å². The Bertz CT molecular complexity index is 953. The van der Waals surface area contributed by atoms with Gasteiger partial charge >= 0.3 is 0 Å². The molecule has 0 aliphatic heterocycles. The van der Waals surface area contributed by atoms with E-state index in [1.807, 2.05) is 12.1 Å². The molecule has 0 bridgehead atoms. The quantitative estimate of drug-likeness (QED) is 0.543. The summed E-state index contributed by atoms with van der Waals surface area (Å²) in [6, 6.07) is 8.89. The molecule has 0 radical (unpaired) electrons. The Morgan fingerprint density at radius 3 is 2.60 bits per heavy atom. The first-order valence-electron chi connectivity index (χ1n) is 7.52. The molecule has 0 saturated heterocycles. The average Bonchev–Trinajstić information content (AvgIpc) is 2.65. The Kier molecular flexibility index (Phi) is 4.90. The van der Waals surface area contributed by atoms with Crippen molar-refractivity contribution in [3.63, 3.8) is 0 Å². The lowest BCUT2D eigenvalue weighted by atomic mass is 9.98. The minimum atomic E-state index is 0.313. The van der Waals surface area contributed by atoms with Crippen LogP contribution in [0.3, 0.4) is 0 Å². The summed E-state index contributed by atoms with van der Waals surface area (Å²) in [6.45, 7) is 0. The van der Waals surface area contributed by atoms with Crippen LogP contribution in [0.2, 0.25) is 5.15 Å². The number of rotatable bonds is 5. The highest BCUT2D eigenvalue weighted by Crippen LogP contribution is 2.23. The molecule has 0 aromatic carbocycles. The van der Waals surface area contributed by atoms with Crippen LogP contribution in [0.5, 0.6) is 5.88 Å². The largest absolute Gasteiger partial charge is 0.481 e. The Morgan fingerprint density at radius 1 is 1.12 bits per heavy atom. The van der Waals surface area contributed by atoms with Gasteiger partial charge in [0.15, 0.2) is 0 Å². The molecule has 6 nitrogen and oxygen atoms in total. The maximum Gasteiger partial charge on any atom is 0.212 e. The van der Waals surface area contributed by atoms with Crippen molar-refractivity contribution in [1.82, 2.24) is 20.3 Å². The fourth-order valence-electron chi connectivity index (χ4n) is 2.38. The maximum atomic E-state index is 8.54. The molecule has 0 spiro atoms. The van der Waals surface area contributed by atoms with E-state index in [1.165, 1.54) is 0 Å². The molecule has 3 rings (SSSR count). The van der Waals surface area contributed by atoms with Crippen LogP contribution in [0.1, 0.15) is 11.1 Å². The number of methoxy groups -OCH3 is 1. The number of halogens is 1. The third kappa shape index (κ3) is 3.59. The van der Waals surface area contributed by atoms with Gasteiger partial charge in [0.25, 0.3) is 0 Å². The van der Waals surface area contributed by atoms with Crippen LogP contribution < -0.4 is 10.1 Å². The van der Waals surface area contributed by atoms with Gasteiger partial charge in [-0.2, -0.15) is 0 Å². The average molecular weight is 354 g/mol. The van der Waals surface area contributed by atoms with Crippen molar-refractivity contribution >= 4 is 33.9 Å². The van der Waals surface area contributed by atoms with E-state index in [-0.39, 0.29) is 0 Å². The van der Waals surface area contributed by atoms with Gasteiger partial charge in [0, 0.05) is 48.4 Å². The molecule has 3 aromatic heterocycles. The fourth-order valence-corrected chi connectivity index (χ4v) is 2.53. The van der Waals surface area contributed by atoms with Crippen LogP contribution in [0.15, 0.2) is 48.9 Å². The van der Waals surface area contributed by atoms with Gasteiger partial charge in [0.05, 0.1) is 23.9 Å². The number of hydrogen-bond acceptors (Lipinski definition) is 6. The minimum absolute atomic E-state index is 0.313. The van der Waals surface area contributed by atoms with Crippen molar-refractivity contribution in [2.45, 2.75) is 0 Å².